The lowest BCUT2D eigenvalue weighted by atomic mass is 10.0. The van der Waals surface area contributed by atoms with Crippen LogP contribution in [0.4, 0.5) is 0 Å². The molecular formula is C52H100O6. The lowest BCUT2D eigenvalue weighted by Gasteiger charge is -2.18. The monoisotopic (exact) mass is 821 g/mol. The highest BCUT2D eigenvalue weighted by Gasteiger charge is 2.19. The van der Waals surface area contributed by atoms with Gasteiger partial charge in [0.05, 0.1) is 0 Å². The van der Waals surface area contributed by atoms with Gasteiger partial charge in [0.15, 0.2) is 6.10 Å². The van der Waals surface area contributed by atoms with Gasteiger partial charge in [0.25, 0.3) is 0 Å². The quantitative estimate of drug-likeness (QED) is 0.0346. The first-order valence-corrected chi connectivity index (χ1v) is 26.0. The second kappa shape index (κ2) is 48.1. The Kier molecular flexibility index (Phi) is 46.8. The zero-order valence-electron chi connectivity index (χ0n) is 39.3. The molecule has 0 aromatic rings. The minimum absolute atomic E-state index is 0.0633. The summed E-state index contributed by atoms with van der Waals surface area (Å²) < 4.78 is 16.7. The van der Waals surface area contributed by atoms with Gasteiger partial charge >= 0.3 is 17.9 Å². The van der Waals surface area contributed by atoms with Crippen molar-refractivity contribution in [3.8, 4) is 0 Å². The first kappa shape index (κ1) is 56.4. The molecule has 0 bridgehead atoms. The number of carbonyl (C=O) groups excluding carboxylic acids is 3. The molecule has 344 valence electrons. The van der Waals surface area contributed by atoms with Crippen LogP contribution in [0.3, 0.4) is 0 Å². The average molecular weight is 821 g/mol. The molecule has 1 unspecified atom stereocenters. The van der Waals surface area contributed by atoms with Crippen LogP contribution >= 0.6 is 0 Å². The van der Waals surface area contributed by atoms with Crippen LogP contribution in [0.1, 0.15) is 297 Å². The molecule has 0 aliphatic heterocycles. The molecule has 6 nitrogen and oxygen atoms in total. The third-order valence-electron chi connectivity index (χ3n) is 11.9. The molecule has 6 heteroatoms. The smallest absolute Gasteiger partial charge is 0.306 e. The maximum absolute atomic E-state index is 12.7. The summed E-state index contributed by atoms with van der Waals surface area (Å²) in [5.41, 5.74) is 0. The van der Waals surface area contributed by atoms with Crippen molar-refractivity contribution in [2.75, 3.05) is 13.2 Å². The Bertz CT molecular complexity index is 859. The van der Waals surface area contributed by atoms with Crippen LogP contribution in [0, 0.1) is 0 Å². The molecule has 0 fully saturated rings. The van der Waals surface area contributed by atoms with Crippen LogP contribution < -0.4 is 0 Å². The second-order valence-corrected chi connectivity index (χ2v) is 17.8. The van der Waals surface area contributed by atoms with E-state index in [-0.39, 0.29) is 31.1 Å². The molecule has 0 spiro atoms. The molecule has 1 atom stereocenters. The number of hydrogen-bond acceptors (Lipinski definition) is 6. The summed E-state index contributed by atoms with van der Waals surface area (Å²) in [5.74, 6) is -0.860. The van der Waals surface area contributed by atoms with Crippen LogP contribution in [0.15, 0.2) is 0 Å². The van der Waals surface area contributed by atoms with Crippen molar-refractivity contribution >= 4 is 17.9 Å². The van der Waals surface area contributed by atoms with Gasteiger partial charge in [-0.25, -0.2) is 0 Å². The van der Waals surface area contributed by atoms with Gasteiger partial charge in [0, 0.05) is 19.3 Å². The Morgan fingerprint density at radius 3 is 0.690 bits per heavy atom. The van der Waals surface area contributed by atoms with Crippen molar-refractivity contribution in [2.24, 2.45) is 0 Å². The van der Waals surface area contributed by atoms with E-state index in [2.05, 4.69) is 20.8 Å². The molecule has 0 heterocycles. The highest BCUT2D eigenvalue weighted by Crippen LogP contribution is 2.17. The van der Waals surface area contributed by atoms with E-state index in [1.807, 2.05) is 0 Å². The Labute approximate surface area is 361 Å². The van der Waals surface area contributed by atoms with Crippen LogP contribution in [-0.2, 0) is 28.6 Å². The fraction of sp³-hybridized carbons (Fsp3) is 0.942. The van der Waals surface area contributed by atoms with Gasteiger partial charge in [-0.05, 0) is 19.3 Å². The van der Waals surface area contributed by atoms with Crippen LogP contribution in [0.25, 0.3) is 0 Å². The van der Waals surface area contributed by atoms with Crippen molar-refractivity contribution < 1.29 is 28.6 Å². The minimum atomic E-state index is -0.757. The van der Waals surface area contributed by atoms with Crippen LogP contribution in [0.5, 0.6) is 0 Å². The number of unbranched alkanes of at least 4 members (excludes halogenated alkanes) is 37. The Morgan fingerprint density at radius 2 is 0.466 bits per heavy atom. The summed E-state index contributed by atoms with van der Waals surface area (Å²) in [6.07, 6.45) is 51.4. The summed E-state index contributed by atoms with van der Waals surface area (Å²) in [4.78, 5) is 37.6. The highest BCUT2D eigenvalue weighted by molar-refractivity contribution is 5.71. The molecule has 0 N–H and O–H groups in total. The maximum atomic E-state index is 12.7. The highest BCUT2D eigenvalue weighted by atomic mass is 16.6. The number of hydrogen-bond donors (Lipinski definition) is 0. The Morgan fingerprint density at radius 1 is 0.276 bits per heavy atom. The van der Waals surface area contributed by atoms with Crippen molar-refractivity contribution in [1.82, 2.24) is 0 Å². The molecule has 0 radical (unpaired) electrons. The third-order valence-corrected chi connectivity index (χ3v) is 11.9. The van der Waals surface area contributed by atoms with E-state index in [4.69, 9.17) is 14.2 Å². The molecule has 0 aliphatic rings. The van der Waals surface area contributed by atoms with E-state index in [0.717, 1.165) is 64.2 Å². The van der Waals surface area contributed by atoms with Gasteiger partial charge in [-0.15, -0.1) is 0 Å². The normalized spacial score (nSPS) is 11.8. The van der Waals surface area contributed by atoms with Gasteiger partial charge in [-0.3, -0.25) is 14.4 Å². The van der Waals surface area contributed by atoms with Crippen molar-refractivity contribution in [1.29, 1.82) is 0 Å². The molecule has 0 saturated heterocycles. The summed E-state index contributed by atoms with van der Waals surface area (Å²) in [7, 11) is 0. The van der Waals surface area contributed by atoms with Crippen LogP contribution in [0.2, 0.25) is 0 Å². The van der Waals surface area contributed by atoms with Crippen LogP contribution in [-0.4, -0.2) is 37.2 Å². The standard InChI is InChI=1S/C52H100O6/c1-4-7-10-13-15-17-19-21-22-23-24-25-26-27-28-29-30-31-33-34-36-39-42-45-51(54)57-48-49(47-56-50(53)44-41-38-12-9-6-3)58-52(55)46-43-40-37-35-32-20-18-16-14-11-8-5-2/h49H,4-48H2,1-3H3. The first-order valence-electron chi connectivity index (χ1n) is 26.0. The first-order chi connectivity index (χ1) is 28.5. The number of rotatable bonds is 48. The minimum Gasteiger partial charge on any atom is -0.462 e. The van der Waals surface area contributed by atoms with Crippen molar-refractivity contribution in [3.63, 3.8) is 0 Å². The number of esters is 3. The lowest BCUT2D eigenvalue weighted by molar-refractivity contribution is -0.167. The summed E-state index contributed by atoms with van der Waals surface area (Å²) in [5, 5.41) is 0. The summed E-state index contributed by atoms with van der Waals surface area (Å²) in [6.45, 7) is 6.59. The van der Waals surface area contributed by atoms with E-state index in [9.17, 15) is 14.4 Å². The molecule has 0 aliphatic carbocycles. The van der Waals surface area contributed by atoms with Gasteiger partial charge in [-0.2, -0.15) is 0 Å². The fourth-order valence-corrected chi connectivity index (χ4v) is 7.92. The van der Waals surface area contributed by atoms with Crippen molar-refractivity contribution in [2.45, 2.75) is 303 Å². The van der Waals surface area contributed by atoms with Gasteiger partial charge < -0.3 is 14.2 Å². The fourth-order valence-electron chi connectivity index (χ4n) is 7.92. The maximum Gasteiger partial charge on any atom is 0.306 e. The Hall–Kier alpha value is -1.59. The Balaban J connectivity index is 4.00. The zero-order valence-corrected chi connectivity index (χ0v) is 39.3. The van der Waals surface area contributed by atoms with E-state index in [1.54, 1.807) is 0 Å². The predicted molar refractivity (Wildman–Crippen MR) is 247 cm³/mol. The number of carbonyl (C=O) groups is 3. The van der Waals surface area contributed by atoms with E-state index < -0.39 is 6.10 Å². The van der Waals surface area contributed by atoms with Crippen molar-refractivity contribution in [3.05, 3.63) is 0 Å². The van der Waals surface area contributed by atoms with E-state index in [0.29, 0.717) is 19.3 Å². The predicted octanol–water partition coefficient (Wildman–Crippen LogP) is 16.8. The second-order valence-electron chi connectivity index (χ2n) is 17.8. The lowest BCUT2D eigenvalue weighted by Crippen LogP contribution is -2.30. The molecule has 58 heavy (non-hydrogen) atoms. The van der Waals surface area contributed by atoms with Gasteiger partial charge in [0.2, 0.25) is 0 Å². The molecule has 0 rings (SSSR count). The summed E-state index contributed by atoms with van der Waals surface area (Å²) >= 11 is 0. The van der Waals surface area contributed by atoms with Gasteiger partial charge in [0.1, 0.15) is 13.2 Å². The van der Waals surface area contributed by atoms with Gasteiger partial charge in [-0.1, -0.05) is 258 Å². The third kappa shape index (κ3) is 45.5. The molecule has 0 saturated carbocycles. The summed E-state index contributed by atoms with van der Waals surface area (Å²) in [6, 6.07) is 0. The molecule has 0 aromatic heterocycles. The van der Waals surface area contributed by atoms with E-state index >= 15 is 0 Å². The molecule has 0 amide bonds. The van der Waals surface area contributed by atoms with E-state index in [1.165, 1.54) is 193 Å². The zero-order chi connectivity index (χ0) is 42.3. The largest absolute Gasteiger partial charge is 0.462 e. The average Bonchev–Trinajstić information content (AvgIpc) is 3.22. The topological polar surface area (TPSA) is 78.9 Å². The molecule has 0 aromatic carbocycles. The molecular weight excluding hydrogens is 721 g/mol. The SMILES string of the molecule is CCCCCCCCCCCCCCCCCCCCCCCCCC(=O)OCC(COC(=O)CCCCCCC)OC(=O)CCCCCCCCCCCCCC. The number of ether oxygens (including phenoxy) is 3.